The van der Waals surface area contributed by atoms with Crippen LogP contribution in [0.2, 0.25) is 0 Å². The van der Waals surface area contributed by atoms with E-state index in [1.54, 1.807) is 13.2 Å². The number of halogens is 1. The Morgan fingerprint density at radius 2 is 2.03 bits per heavy atom. The summed E-state index contributed by atoms with van der Waals surface area (Å²) in [6.45, 7) is 0.400. The van der Waals surface area contributed by atoms with Crippen molar-refractivity contribution in [3.8, 4) is 22.6 Å². The van der Waals surface area contributed by atoms with Crippen LogP contribution in [0.5, 0.6) is 11.5 Å². The molecular weight excluding hydrogens is 407 g/mol. The van der Waals surface area contributed by atoms with Crippen LogP contribution in [0.1, 0.15) is 40.7 Å². The normalized spacial score (nSPS) is 21.8. The van der Waals surface area contributed by atoms with Gasteiger partial charge in [0.1, 0.15) is 23.9 Å². The van der Waals surface area contributed by atoms with Gasteiger partial charge in [0.05, 0.1) is 13.0 Å². The molecule has 2 atom stereocenters. The summed E-state index contributed by atoms with van der Waals surface area (Å²) in [7, 11) is 1.61. The van der Waals surface area contributed by atoms with Crippen molar-refractivity contribution >= 4 is 5.97 Å². The lowest BCUT2D eigenvalue weighted by Crippen LogP contribution is -2.11. The smallest absolute Gasteiger partial charge is 0.307 e. The van der Waals surface area contributed by atoms with Crippen LogP contribution in [0.15, 0.2) is 48.5 Å². The summed E-state index contributed by atoms with van der Waals surface area (Å²) in [5.74, 6) is 0.279. The Kier molecular flexibility index (Phi) is 4.13. The van der Waals surface area contributed by atoms with Gasteiger partial charge in [0.15, 0.2) is 0 Å². The molecule has 1 spiro atoms. The molecule has 2 unspecified atom stereocenters. The van der Waals surface area contributed by atoms with E-state index < -0.39 is 5.97 Å². The predicted molar refractivity (Wildman–Crippen MR) is 118 cm³/mol. The third-order valence-electron chi connectivity index (χ3n) is 7.48. The van der Waals surface area contributed by atoms with Gasteiger partial charge >= 0.3 is 5.97 Å². The van der Waals surface area contributed by atoms with E-state index in [-0.39, 0.29) is 17.2 Å². The summed E-state index contributed by atoms with van der Waals surface area (Å²) in [5, 5.41) is 9.46. The van der Waals surface area contributed by atoms with Gasteiger partial charge in [-0.1, -0.05) is 24.3 Å². The van der Waals surface area contributed by atoms with E-state index >= 15 is 0 Å². The summed E-state index contributed by atoms with van der Waals surface area (Å²) < 4.78 is 26.0. The number of benzene rings is 3. The minimum Gasteiger partial charge on any atom is -0.496 e. The standard InChI is InChI=1S/C27H23FO4/c1-31-24-7-6-23(28)25-19-5-2-15(10-17(19)11-20(24)25)14-32-18-4-3-16-8-9-27(21(16)12-18)13-22(27)26(29)30/h2-7,10,12,22H,8-9,11,13-14H2,1H3,(H,29,30). The number of carbonyl (C=O) groups is 1. The maximum Gasteiger partial charge on any atom is 0.307 e. The zero-order valence-corrected chi connectivity index (χ0v) is 17.8. The van der Waals surface area contributed by atoms with Gasteiger partial charge in [-0.3, -0.25) is 4.79 Å². The first-order chi connectivity index (χ1) is 15.5. The predicted octanol–water partition coefficient (Wildman–Crippen LogP) is 5.27. The molecule has 0 heterocycles. The molecule has 6 rings (SSSR count). The molecule has 0 saturated heterocycles. The number of carboxylic acids is 1. The highest BCUT2D eigenvalue weighted by atomic mass is 19.1. The Balaban J connectivity index is 1.22. The molecular formula is C27H23FO4. The molecule has 5 heteroatoms. The van der Waals surface area contributed by atoms with Gasteiger partial charge < -0.3 is 14.6 Å². The first kappa shape index (κ1) is 19.4. The SMILES string of the molecule is COc1ccc(F)c2c1Cc1cc(COc3ccc4c(c3)C3(CC4)CC3C(=O)O)ccc1-2. The van der Waals surface area contributed by atoms with Gasteiger partial charge in [-0.2, -0.15) is 0 Å². The fourth-order valence-corrected chi connectivity index (χ4v) is 5.76. The molecule has 1 fully saturated rings. The monoisotopic (exact) mass is 430 g/mol. The average molecular weight is 430 g/mol. The molecule has 3 aromatic rings. The van der Waals surface area contributed by atoms with Crippen molar-refractivity contribution in [2.24, 2.45) is 5.92 Å². The van der Waals surface area contributed by atoms with E-state index in [0.717, 1.165) is 52.8 Å². The van der Waals surface area contributed by atoms with Crippen LogP contribution < -0.4 is 9.47 Å². The van der Waals surface area contributed by atoms with E-state index in [0.29, 0.717) is 24.3 Å². The number of hydrogen-bond acceptors (Lipinski definition) is 3. The largest absolute Gasteiger partial charge is 0.496 e. The summed E-state index contributed by atoms with van der Waals surface area (Å²) >= 11 is 0. The van der Waals surface area contributed by atoms with E-state index in [1.165, 1.54) is 11.6 Å². The summed E-state index contributed by atoms with van der Waals surface area (Å²) in [6, 6.07) is 15.2. The fraction of sp³-hybridized carbons (Fsp3) is 0.296. The van der Waals surface area contributed by atoms with Gasteiger partial charge in [0.25, 0.3) is 0 Å². The molecule has 0 radical (unpaired) electrons. The van der Waals surface area contributed by atoms with Crippen LogP contribution in [-0.4, -0.2) is 18.2 Å². The van der Waals surface area contributed by atoms with Crippen molar-refractivity contribution in [1.29, 1.82) is 0 Å². The zero-order valence-electron chi connectivity index (χ0n) is 17.8. The molecule has 0 aromatic heterocycles. The van der Waals surface area contributed by atoms with Crippen LogP contribution in [0, 0.1) is 11.7 Å². The van der Waals surface area contributed by atoms with Gasteiger partial charge in [-0.15, -0.1) is 0 Å². The fourth-order valence-electron chi connectivity index (χ4n) is 5.76. The number of carboxylic acid groups (broad SMARTS) is 1. The third-order valence-corrected chi connectivity index (χ3v) is 7.48. The quantitative estimate of drug-likeness (QED) is 0.469. The molecule has 0 bridgehead atoms. The summed E-state index contributed by atoms with van der Waals surface area (Å²) in [4.78, 5) is 11.5. The van der Waals surface area contributed by atoms with E-state index in [1.807, 2.05) is 24.3 Å². The molecule has 0 aliphatic heterocycles. The molecule has 0 amide bonds. The van der Waals surface area contributed by atoms with Crippen LogP contribution in [0.25, 0.3) is 11.1 Å². The first-order valence-electron chi connectivity index (χ1n) is 11.0. The molecule has 4 nitrogen and oxygen atoms in total. The van der Waals surface area contributed by atoms with E-state index in [9.17, 15) is 14.3 Å². The average Bonchev–Trinajstić information content (AvgIpc) is 3.25. The lowest BCUT2D eigenvalue weighted by atomic mass is 9.95. The van der Waals surface area contributed by atoms with Crippen LogP contribution in [-0.2, 0) is 29.7 Å². The van der Waals surface area contributed by atoms with Crippen LogP contribution >= 0.6 is 0 Å². The Hall–Kier alpha value is -3.34. The number of rotatable bonds is 5. The van der Waals surface area contributed by atoms with Gasteiger partial charge in [-0.05, 0) is 71.3 Å². The van der Waals surface area contributed by atoms with Gasteiger partial charge in [0, 0.05) is 23.0 Å². The lowest BCUT2D eigenvalue weighted by molar-refractivity contribution is -0.139. The maximum absolute atomic E-state index is 14.5. The van der Waals surface area contributed by atoms with Gasteiger partial charge in [0.2, 0.25) is 0 Å². The van der Waals surface area contributed by atoms with Crippen molar-refractivity contribution < 1.29 is 23.8 Å². The number of ether oxygens (including phenoxy) is 2. The Bertz CT molecular complexity index is 1280. The summed E-state index contributed by atoms with van der Waals surface area (Å²) in [6.07, 6.45) is 3.21. The molecule has 3 aromatic carbocycles. The third kappa shape index (κ3) is 2.77. The molecule has 3 aliphatic carbocycles. The van der Waals surface area contributed by atoms with Crippen molar-refractivity contribution in [2.45, 2.75) is 37.7 Å². The summed E-state index contributed by atoms with van der Waals surface area (Å²) in [5.41, 5.74) is 6.72. The Morgan fingerprint density at radius 3 is 2.81 bits per heavy atom. The van der Waals surface area contributed by atoms with Crippen LogP contribution in [0.3, 0.4) is 0 Å². The number of methoxy groups -OCH3 is 1. The topological polar surface area (TPSA) is 55.8 Å². The van der Waals surface area contributed by atoms with Crippen molar-refractivity contribution in [1.82, 2.24) is 0 Å². The van der Waals surface area contributed by atoms with Gasteiger partial charge in [-0.25, -0.2) is 4.39 Å². The maximum atomic E-state index is 14.5. The second-order valence-corrected chi connectivity index (χ2v) is 9.13. The molecule has 32 heavy (non-hydrogen) atoms. The number of aliphatic carboxylic acids is 1. The second-order valence-electron chi connectivity index (χ2n) is 9.13. The Labute approximate surface area is 185 Å². The molecule has 1 saturated carbocycles. The highest BCUT2D eigenvalue weighted by Crippen LogP contribution is 2.62. The number of hydrogen-bond donors (Lipinski definition) is 1. The molecule has 162 valence electrons. The minimum atomic E-state index is -0.698. The lowest BCUT2D eigenvalue weighted by Gasteiger charge is -2.13. The van der Waals surface area contributed by atoms with E-state index in [4.69, 9.17) is 9.47 Å². The number of fused-ring (bicyclic) bond motifs is 5. The zero-order chi connectivity index (χ0) is 22.0. The molecule has 1 N–H and O–H groups in total. The van der Waals surface area contributed by atoms with Crippen molar-refractivity contribution in [3.05, 3.63) is 82.2 Å². The first-order valence-corrected chi connectivity index (χ1v) is 11.0. The van der Waals surface area contributed by atoms with Crippen LogP contribution in [0.4, 0.5) is 4.39 Å². The van der Waals surface area contributed by atoms with Crippen molar-refractivity contribution in [2.75, 3.05) is 7.11 Å². The highest BCUT2D eigenvalue weighted by Gasteiger charge is 2.61. The number of aryl methyl sites for hydroxylation is 1. The molecule has 3 aliphatic rings. The van der Waals surface area contributed by atoms with E-state index in [2.05, 4.69) is 12.1 Å². The highest BCUT2D eigenvalue weighted by molar-refractivity contribution is 5.80. The van der Waals surface area contributed by atoms with Crippen molar-refractivity contribution in [3.63, 3.8) is 0 Å². The minimum absolute atomic E-state index is 0.191. The second kappa shape index (κ2) is 6.83. The Morgan fingerprint density at radius 1 is 1.16 bits per heavy atom.